The zero-order valence-electron chi connectivity index (χ0n) is 11.5. The van der Waals surface area contributed by atoms with Gasteiger partial charge in [0.2, 0.25) is 0 Å². The van der Waals surface area contributed by atoms with E-state index < -0.39 is 6.10 Å². The lowest BCUT2D eigenvalue weighted by atomic mass is 10.0. The molecular formula is C16H17IO3. The van der Waals surface area contributed by atoms with Gasteiger partial charge in [0, 0.05) is 9.99 Å². The van der Waals surface area contributed by atoms with E-state index in [2.05, 4.69) is 22.6 Å². The Morgan fingerprint density at radius 1 is 1.05 bits per heavy atom. The van der Waals surface area contributed by atoms with Crippen molar-refractivity contribution >= 4 is 22.6 Å². The first kappa shape index (κ1) is 15.1. The zero-order chi connectivity index (χ0) is 14.5. The van der Waals surface area contributed by atoms with Gasteiger partial charge in [-0.1, -0.05) is 24.3 Å². The third-order valence-corrected chi connectivity index (χ3v) is 4.12. The highest BCUT2D eigenvalue weighted by Crippen LogP contribution is 2.30. The normalized spacial score (nSPS) is 12.0. The molecule has 1 N–H and O–H groups in total. The highest BCUT2D eigenvalue weighted by Gasteiger charge is 2.13. The fourth-order valence-electron chi connectivity index (χ4n) is 2.09. The number of methoxy groups -OCH3 is 2. The number of aliphatic hydroxyl groups is 1. The van der Waals surface area contributed by atoms with Crippen LogP contribution in [0.4, 0.5) is 0 Å². The molecule has 0 aliphatic rings. The SMILES string of the molecule is COc1ccc(CC(O)c2ccccc2I)cc1OC. The molecule has 20 heavy (non-hydrogen) atoms. The molecule has 0 aliphatic carbocycles. The van der Waals surface area contributed by atoms with Crippen LogP contribution in [0.1, 0.15) is 17.2 Å². The molecule has 0 amide bonds. The summed E-state index contributed by atoms with van der Waals surface area (Å²) < 4.78 is 11.6. The predicted octanol–water partition coefficient (Wildman–Crippen LogP) is 3.58. The molecule has 1 atom stereocenters. The van der Waals surface area contributed by atoms with E-state index in [-0.39, 0.29) is 0 Å². The number of rotatable bonds is 5. The Kier molecular flexibility index (Phi) is 5.25. The zero-order valence-corrected chi connectivity index (χ0v) is 13.6. The third-order valence-electron chi connectivity index (χ3n) is 3.14. The van der Waals surface area contributed by atoms with Crippen LogP contribution in [0.3, 0.4) is 0 Å². The van der Waals surface area contributed by atoms with Gasteiger partial charge in [0.15, 0.2) is 11.5 Å². The minimum atomic E-state index is -0.527. The summed E-state index contributed by atoms with van der Waals surface area (Å²) in [5.41, 5.74) is 1.96. The van der Waals surface area contributed by atoms with Gasteiger partial charge in [-0.15, -0.1) is 0 Å². The summed E-state index contributed by atoms with van der Waals surface area (Å²) in [5, 5.41) is 10.4. The van der Waals surface area contributed by atoms with Gasteiger partial charge in [0.1, 0.15) is 0 Å². The van der Waals surface area contributed by atoms with Gasteiger partial charge in [-0.3, -0.25) is 0 Å². The summed E-state index contributed by atoms with van der Waals surface area (Å²) in [7, 11) is 3.22. The molecule has 0 radical (unpaired) electrons. The van der Waals surface area contributed by atoms with Crippen molar-refractivity contribution in [2.45, 2.75) is 12.5 Å². The predicted molar refractivity (Wildman–Crippen MR) is 87.4 cm³/mol. The molecule has 0 spiro atoms. The maximum absolute atomic E-state index is 10.4. The van der Waals surface area contributed by atoms with E-state index in [0.717, 1.165) is 14.7 Å². The van der Waals surface area contributed by atoms with Crippen LogP contribution in [0.2, 0.25) is 0 Å². The Labute approximate surface area is 132 Å². The van der Waals surface area contributed by atoms with E-state index in [1.165, 1.54) is 0 Å². The van der Waals surface area contributed by atoms with Crippen LogP contribution < -0.4 is 9.47 Å². The molecule has 106 valence electrons. The molecule has 0 saturated carbocycles. The van der Waals surface area contributed by atoms with Crippen molar-refractivity contribution in [3.8, 4) is 11.5 Å². The molecule has 0 aromatic heterocycles. The first-order valence-corrected chi connectivity index (χ1v) is 7.37. The van der Waals surface area contributed by atoms with Crippen molar-refractivity contribution in [1.29, 1.82) is 0 Å². The van der Waals surface area contributed by atoms with Gasteiger partial charge in [-0.25, -0.2) is 0 Å². The summed E-state index contributed by atoms with van der Waals surface area (Å²) in [6, 6.07) is 13.6. The minimum Gasteiger partial charge on any atom is -0.493 e. The van der Waals surface area contributed by atoms with Crippen molar-refractivity contribution in [3.63, 3.8) is 0 Å². The van der Waals surface area contributed by atoms with Crippen LogP contribution in [0.25, 0.3) is 0 Å². The lowest BCUT2D eigenvalue weighted by molar-refractivity contribution is 0.177. The van der Waals surface area contributed by atoms with Crippen molar-refractivity contribution in [2.75, 3.05) is 14.2 Å². The number of hydrogen-bond acceptors (Lipinski definition) is 3. The fraction of sp³-hybridized carbons (Fsp3) is 0.250. The van der Waals surface area contributed by atoms with Gasteiger partial charge >= 0.3 is 0 Å². The molecule has 2 rings (SSSR count). The standard InChI is InChI=1S/C16H17IO3/c1-19-15-8-7-11(10-16(15)20-2)9-14(18)12-5-3-4-6-13(12)17/h3-8,10,14,18H,9H2,1-2H3. The smallest absolute Gasteiger partial charge is 0.160 e. The maximum atomic E-state index is 10.4. The lowest BCUT2D eigenvalue weighted by Crippen LogP contribution is -2.04. The quantitative estimate of drug-likeness (QED) is 0.801. The van der Waals surface area contributed by atoms with Crippen molar-refractivity contribution in [1.82, 2.24) is 0 Å². The first-order valence-electron chi connectivity index (χ1n) is 6.29. The second-order valence-corrected chi connectivity index (χ2v) is 5.59. The monoisotopic (exact) mass is 384 g/mol. The number of halogens is 1. The van der Waals surface area contributed by atoms with E-state index in [4.69, 9.17) is 9.47 Å². The third kappa shape index (κ3) is 3.43. The first-order chi connectivity index (χ1) is 9.65. The second kappa shape index (κ2) is 6.95. The van der Waals surface area contributed by atoms with Crippen molar-refractivity contribution in [2.24, 2.45) is 0 Å². The molecule has 4 heteroatoms. The van der Waals surface area contributed by atoms with Gasteiger partial charge in [0.05, 0.1) is 20.3 Å². The molecule has 2 aromatic carbocycles. The van der Waals surface area contributed by atoms with Crippen LogP contribution in [0.15, 0.2) is 42.5 Å². The summed E-state index contributed by atoms with van der Waals surface area (Å²) >= 11 is 2.24. The van der Waals surface area contributed by atoms with E-state index in [1.807, 2.05) is 42.5 Å². The topological polar surface area (TPSA) is 38.7 Å². The molecule has 0 fully saturated rings. The Morgan fingerprint density at radius 3 is 2.40 bits per heavy atom. The number of benzene rings is 2. The molecule has 0 saturated heterocycles. The number of aliphatic hydroxyl groups excluding tert-OH is 1. The summed E-state index contributed by atoms with van der Waals surface area (Å²) in [4.78, 5) is 0. The summed E-state index contributed by atoms with van der Waals surface area (Å²) in [5.74, 6) is 1.37. The Hall–Kier alpha value is -1.27. The highest BCUT2D eigenvalue weighted by molar-refractivity contribution is 14.1. The minimum absolute atomic E-state index is 0.527. The van der Waals surface area contributed by atoms with Crippen LogP contribution in [-0.4, -0.2) is 19.3 Å². The van der Waals surface area contributed by atoms with Crippen LogP contribution in [0, 0.1) is 3.57 Å². The van der Waals surface area contributed by atoms with Crippen LogP contribution in [0.5, 0.6) is 11.5 Å². The molecular weight excluding hydrogens is 367 g/mol. The van der Waals surface area contributed by atoms with Crippen LogP contribution >= 0.6 is 22.6 Å². The fourth-order valence-corrected chi connectivity index (χ4v) is 2.83. The van der Waals surface area contributed by atoms with Gasteiger partial charge in [-0.2, -0.15) is 0 Å². The summed E-state index contributed by atoms with van der Waals surface area (Å²) in [6.07, 6.45) is 0.0154. The van der Waals surface area contributed by atoms with Crippen LogP contribution in [-0.2, 0) is 6.42 Å². The van der Waals surface area contributed by atoms with Gasteiger partial charge in [-0.05, 0) is 51.9 Å². The van der Waals surface area contributed by atoms with Crippen molar-refractivity contribution < 1.29 is 14.6 Å². The largest absolute Gasteiger partial charge is 0.493 e. The van der Waals surface area contributed by atoms with Gasteiger partial charge < -0.3 is 14.6 Å². The molecule has 0 bridgehead atoms. The molecule has 0 aliphatic heterocycles. The highest BCUT2D eigenvalue weighted by atomic mass is 127. The Bertz CT molecular complexity index is 584. The Morgan fingerprint density at radius 2 is 1.75 bits per heavy atom. The van der Waals surface area contributed by atoms with E-state index in [1.54, 1.807) is 14.2 Å². The molecule has 0 heterocycles. The second-order valence-electron chi connectivity index (χ2n) is 4.43. The van der Waals surface area contributed by atoms with Crippen molar-refractivity contribution in [3.05, 3.63) is 57.2 Å². The molecule has 2 aromatic rings. The molecule has 1 unspecified atom stereocenters. The van der Waals surface area contributed by atoms with E-state index >= 15 is 0 Å². The average Bonchev–Trinajstić information content (AvgIpc) is 2.47. The maximum Gasteiger partial charge on any atom is 0.160 e. The lowest BCUT2D eigenvalue weighted by Gasteiger charge is -2.14. The average molecular weight is 384 g/mol. The number of ether oxygens (including phenoxy) is 2. The molecule has 3 nitrogen and oxygen atoms in total. The Balaban J connectivity index is 2.20. The van der Waals surface area contributed by atoms with E-state index in [9.17, 15) is 5.11 Å². The van der Waals surface area contributed by atoms with Gasteiger partial charge in [0.25, 0.3) is 0 Å². The number of hydrogen-bond donors (Lipinski definition) is 1. The summed E-state index contributed by atoms with van der Waals surface area (Å²) in [6.45, 7) is 0. The van der Waals surface area contributed by atoms with E-state index in [0.29, 0.717) is 17.9 Å².